The number of nitrogens with zero attached hydrogens (tertiary/aromatic N) is 2. The fourth-order valence-electron chi connectivity index (χ4n) is 5.86. The van der Waals surface area contributed by atoms with Gasteiger partial charge in [-0.15, -0.1) is 11.3 Å². The lowest BCUT2D eigenvalue weighted by atomic mass is 9.77. The third kappa shape index (κ3) is 4.57. The number of nitriles is 1. The van der Waals surface area contributed by atoms with E-state index in [1.165, 1.54) is 27.5 Å². The average molecular weight is 500 g/mol. The zero-order valence-corrected chi connectivity index (χ0v) is 21.6. The lowest BCUT2D eigenvalue weighted by molar-refractivity contribution is -0.114. The first-order chi connectivity index (χ1) is 16.3. The number of likely N-dealkylation sites (tertiary alicyclic amines) is 1. The van der Waals surface area contributed by atoms with E-state index in [2.05, 4.69) is 29.5 Å². The van der Waals surface area contributed by atoms with Crippen LogP contribution >= 0.6 is 11.3 Å². The molecule has 1 aliphatic carbocycles. The van der Waals surface area contributed by atoms with Crippen molar-refractivity contribution in [2.24, 2.45) is 5.92 Å². The number of hydrogen-bond acceptors (Lipinski definition) is 6. The molecule has 0 bridgehead atoms. The summed E-state index contributed by atoms with van der Waals surface area (Å²) >= 11 is 1.97. The molecule has 2 aliphatic heterocycles. The van der Waals surface area contributed by atoms with Gasteiger partial charge in [0.05, 0.1) is 28.7 Å². The van der Waals surface area contributed by atoms with Gasteiger partial charge in [-0.2, -0.15) is 5.26 Å². The molecule has 0 radical (unpaired) electrons. The van der Waals surface area contributed by atoms with Gasteiger partial charge < -0.3 is 9.64 Å². The summed E-state index contributed by atoms with van der Waals surface area (Å²) in [6.45, 7) is 7.41. The summed E-state index contributed by atoms with van der Waals surface area (Å²) in [5.74, 6) is 0.515. The molecule has 1 N–H and O–H groups in total. The fourth-order valence-corrected chi connectivity index (χ4v) is 8.29. The number of piperidine rings is 1. The minimum Gasteiger partial charge on any atom is -0.370 e. The number of nitrogens with one attached hydrogen (secondary N) is 1. The Balaban J connectivity index is 1.14. The molecule has 5 rings (SSSR count). The average Bonchev–Trinajstić information content (AvgIpc) is 3.24. The highest BCUT2D eigenvalue weighted by Gasteiger charge is 2.45. The zero-order valence-electron chi connectivity index (χ0n) is 19.9. The van der Waals surface area contributed by atoms with Crippen LogP contribution in [-0.4, -0.2) is 45.1 Å². The second-order valence-corrected chi connectivity index (χ2v) is 13.0. The molecular formula is C26H33N3O3S2. The molecule has 2 fully saturated rings. The molecule has 34 heavy (non-hydrogen) atoms. The van der Waals surface area contributed by atoms with Crippen LogP contribution in [0.4, 0.5) is 0 Å². The van der Waals surface area contributed by atoms with E-state index in [9.17, 15) is 8.42 Å². The highest BCUT2D eigenvalue weighted by molar-refractivity contribution is 7.89. The number of aryl methyl sites for hydroxylation is 1. The summed E-state index contributed by atoms with van der Waals surface area (Å²) in [4.78, 5) is 5.79. The highest BCUT2D eigenvalue weighted by atomic mass is 32.2. The van der Waals surface area contributed by atoms with E-state index >= 15 is 0 Å². The van der Waals surface area contributed by atoms with Crippen molar-refractivity contribution in [1.82, 2.24) is 9.62 Å². The Kier molecular flexibility index (Phi) is 6.60. The molecule has 0 unspecified atom stereocenters. The van der Waals surface area contributed by atoms with Crippen LogP contribution in [0.1, 0.15) is 60.4 Å². The van der Waals surface area contributed by atoms with Gasteiger partial charge in [-0.3, -0.25) is 0 Å². The van der Waals surface area contributed by atoms with Crippen molar-refractivity contribution in [2.75, 3.05) is 19.7 Å². The maximum absolute atomic E-state index is 12.7. The molecule has 1 aromatic heterocycles. The van der Waals surface area contributed by atoms with Crippen molar-refractivity contribution < 1.29 is 13.2 Å². The Labute approximate surface area is 207 Å². The van der Waals surface area contributed by atoms with Gasteiger partial charge in [0, 0.05) is 41.3 Å². The van der Waals surface area contributed by atoms with Crippen LogP contribution in [0, 0.1) is 17.2 Å². The summed E-state index contributed by atoms with van der Waals surface area (Å²) in [5, 5.41) is 8.91. The summed E-state index contributed by atoms with van der Waals surface area (Å²) in [6, 6.07) is 10.9. The van der Waals surface area contributed by atoms with E-state index < -0.39 is 10.0 Å². The minimum absolute atomic E-state index is 0.0143. The Morgan fingerprint density at radius 3 is 2.74 bits per heavy atom. The van der Waals surface area contributed by atoms with Gasteiger partial charge >= 0.3 is 0 Å². The second-order valence-electron chi connectivity index (χ2n) is 10.1. The van der Waals surface area contributed by atoms with Crippen LogP contribution in [-0.2, 0) is 33.2 Å². The molecule has 2 atom stereocenters. The van der Waals surface area contributed by atoms with Crippen molar-refractivity contribution in [3.63, 3.8) is 0 Å². The van der Waals surface area contributed by atoms with Crippen molar-refractivity contribution >= 4 is 21.4 Å². The molecule has 8 heteroatoms. The predicted octanol–water partition coefficient (Wildman–Crippen LogP) is 4.19. The van der Waals surface area contributed by atoms with Gasteiger partial charge in [-0.1, -0.05) is 6.92 Å². The lowest BCUT2D eigenvalue weighted by Gasteiger charge is -2.49. The lowest BCUT2D eigenvalue weighted by Crippen LogP contribution is -2.54. The van der Waals surface area contributed by atoms with Gasteiger partial charge in [0.25, 0.3) is 0 Å². The first-order valence-electron chi connectivity index (χ1n) is 12.3. The molecule has 6 nitrogen and oxygen atoms in total. The molecule has 0 amide bonds. The van der Waals surface area contributed by atoms with E-state index in [1.54, 1.807) is 12.1 Å². The molecular weight excluding hydrogens is 466 g/mol. The highest BCUT2D eigenvalue weighted by Crippen LogP contribution is 2.46. The van der Waals surface area contributed by atoms with Gasteiger partial charge in [0.2, 0.25) is 10.0 Å². The number of hydrogen-bond donors (Lipinski definition) is 1. The number of sulfonamides is 1. The third-order valence-corrected chi connectivity index (χ3v) is 10.7. The number of ether oxygens (including phenoxy) is 1. The maximum Gasteiger partial charge on any atom is 0.240 e. The minimum atomic E-state index is -3.55. The summed E-state index contributed by atoms with van der Waals surface area (Å²) in [5.41, 5.74) is 1.79. The smallest absolute Gasteiger partial charge is 0.240 e. The van der Waals surface area contributed by atoms with Crippen molar-refractivity contribution in [1.29, 1.82) is 5.26 Å². The van der Waals surface area contributed by atoms with Crippen LogP contribution < -0.4 is 4.72 Å². The first kappa shape index (κ1) is 24.0. The topological polar surface area (TPSA) is 82.4 Å². The Morgan fingerprint density at radius 1 is 1.29 bits per heavy atom. The standard InChI is InChI=1S/C26H33N3O3S2/c1-3-22-14-24-25(33-22)8-11-32-26(24)9-10-29(18(2)15-26)17-20-12-21(13-20)28-34(30,31)23-6-4-19(16-27)5-7-23/h4-7,14,18,20-21,28H,3,8-13,15,17H2,1-2H3/t18-,20-,21+,26+/m0/s1. The van der Waals surface area contributed by atoms with E-state index in [-0.39, 0.29) is 16.5 Å². The van der Waals surface area contributed by atoms with E-state index in [4.69, 9.17) is 10.00 Å². The Hall–Kier alpha value is -1.76. The normalized spacial score (nSPS) is 29.4. The number of benzene rings is 1. The number of rotatable bonds is 6. The molecule has 1 saturated carbocycles. The van der Waals surface area contributed by atoms with Crippen LogP contribution in [0.2, 0.25) is 0 Å². The number of fused-ring (bicyclic) bond motifs is 2. The summed E-state index contributed by atoms with van der Waals surface area (Å²) in [7, 11) is -3.55. The Bertz CT molecular complexity index is 1180. The molecule has 1 aromatic carbocycles. The molecule has 3 aliphatic rings. The van der Waals surface area contributed by atoms with Crippen molar-refractivity contribution in [3.8, 4) is 6.07 Å². The van der Waals surface area contributed by atoms with Crippen LogP contribution in [0.25, 0.3) is 0 Å². The van der Waals surface area contributed by atoms with Gasteiger partial charge in [0.15, 0.2) is 0 Å². The van der Waals surface area contributed by atoms with Crippen LogP contribution in [0.5, 0.6) is 0 Å². The largest absolute Gasteiger partial charge is 0.370 e. The molecule has 3 heterocycles. The molecule has 1 spiro atoms. The SMILES string of the molecule is CCc1cc2c(s1)CCO[C@@]21CCN(C[C@H]2C[C@@H](NS(=O)(=O)c3ccc(C#N)cc3)C2)[C@@H](C)C1. The van der Waals surface area contributed by atoms with Crippen molar-refractivity contribution in [2.45, 2.75) is 75.0 Å². The van der Waals surface area contributed by atoms with E-state index in [0.29, 0.717) is 17.5 Å². The van der Waals surface area contributed by atoms with Crippen LogP contribution in [0.15, 0.2) is 35.2 Å². The van der Waals surface area contributed by atoms with Gasteiger partial charge in [-0.05, 0) is 80.8 Å². The summed E-state index contributed by atoms with van der Waals surface area (Å²) in [6.07, 6.45) is 5.94. The molecule has 2 aromatic rings. The van der Waals surface area contributed by atoms with Crippen LogP contribution in [0.3, 0.4) is 0 Å². The number of thiophene rings is 1. The monoisotopic (exact) mass is 499 g/mol. The fraction of sp³-hybridized carbons (Fsp3) is 0.577. The molecule has 182 valence electrons. The van der Waals surface area contributed by atoms with Gasteiger partial charge in [-0.25, -0.2) is 13.1 Å². The van der Waals surface area contributed by atoms with E-state index in [1.807, 2.05) is 17.4 Å². The third-order valence-electron chi connectivity index (χ3n) is 7.80. The maximum atomic E-state index is 12.7. The Morgan fingerprint density at radius 2 is 2.06 bits per heavy atom. The molecule has 1 saturated heterocycles. The summed E-state index contributed by atoms with van der Waals surface area (Å²) < 4.78 is 34.6. The quantitative estimate of drug-likeness (QED) is 0.644. The predicted molar refractivity (Wildman–Crippen MR) is 133 cm³/mol. The zero-order chi connectivity index (χ0) is 23.9. The second kappa shape index (κ2) is 9.36. The van der Waals surface area contributed by atoms with Crippen molar-refractivity contribution in [3.05, 3.63) is 51.2 Å². The van der Waals surface area contributed by atoms with Gasteiger partial charge in [0.1, 0.15) is 0 Å². The first-order valence-corrected chi connectivity index (χ1v) is 14.6. The van der Waals surface area contributed by atoms with E-state index in [0.717, 1.165) is 58.2 Å².